The van der Waals surface area contributed by atoms with E-state index in [-0.39, 0.29) is 6.54 Å². The van der Waals surface area contributed by atoms with Crippen molar-refractivity contribution >= 4 is 16.8 Å². The molecule has 4 rings (SSSR count). The van der Waals surface area contributed by atoms with Crippen molar-refractivity contribution in [2.45, 2.75) is 12.7 Å². The predicted molar refractivity (Wildman–Crippen MR) is 101 cm³/mol. The molecule has 0 aliphatic heterocycles. The van der Waals surface area contributed by atoms with Gasteiger partial charge < -0.3 is 5.32 Å². The number of alkyl halides is 3. The van der Waals surface area contributed by atoms with Crippen LogP contribution in [0.2, 0.25) is 0 Å². The van der Waals surface area contributed by atoms with Crippen LogP contribution in [0.15, 0.2) is 73.2 Å². The van der Waals surface area contributed by atoms with Gasteiger partial charge in [-0.3, -0.25) is 9.78 Å². The summed E-state index contributed by atoms with van der Waals surface area (Å²) in [6, 6.07) is 13.7. The van der Waals surface area contributed by atoms with Gasteiger partial charge in [0.25, 0.3) is 5.91 Å². The second kappa shape index (κ2) is 7.38. The Morgan fingerprint density at radius 3 is 2.62 bits per heavy atom. The van der Waals surface area contributed by atoms with Crippen molar-refractivity contribution in [3.63, 3.8) is 0 Å². The first-order chi connectivity index (χ1) is 13.9. The number of pyridine rings is 1. The van der Waals surface area contributed by atoms with Crippen LogP contribution >= 0.6 is 0 Å². The number of aromatic nitrogens is 3. The minimum atomic E-state index is -4.42. The highest BCUT2D eigenvalue weighted by atomic mass is 19.4. The molecule has 0 atom stereocenters. The number of nitrogens with one attached hydrogen (secondary N) is 1. The van der Waals surface area contributed by atoms with E-state index in [1.807, 2.05) is 12.1 Å². The zero-order valence-electron chi connectivity index (χ0n) is 15.0. The first kappa shape index (κ1) is 18.7. The Kier molecular flexibility index (Phi) is 4.75. The molecule has 1 N–H and O–H groups in total. The molecule has 2 aromatic heterocycles. The van der Waals surface area contributed by atoms with E-state index in [2.05, 4.69) is 15.4 Å². The van der Waals surface area contributed by atoms with Gasteiger partial charge in [-0.25, -0.2) is 4.68 Å². The normalized spacial score (nSPS) is 11.6. The first-order valence-corrected chi connectivity index (χ1v) is 8.75. The highest BCUT2D eigenvalue weighted by Crippen LogP contribution is 2.29. The van der Waals surface area contributed by atoms with Gasteiger partial charge in [0.2, 0.25) is 0 Å². The van der Waals surface area contributed by atoms with Gasteiger partial charge in [0, 0.05) is 18.1 Å². The van der Waals surface area contributed by atoms with Crippen molar-refractivity contribution in [3.05, 3.63) is 89.9 Å². The molecule has 0 bridgehead atoms. The third-order valence-corrected chi connectivity index (χ3v) is 4.46. The molecule has 29 heavy (non-hydrogen) atoms. The Bertz CT molecular complexity index is 1170. The molecule has 8 heteroatoms. The maximum atomic E-state index is 12.8. The van der Waals surface area contributed by atoms with Gasteiger partial charge in [0.05, 0.1) is 34.7 Å². The molecule has 0 unspecified atom stereocenters. The average Bonchev–Trinajstić information content (AvgIpc) is 3.16. The number of amides is 1. The molecule has 0 saturated heterocycles. The molecule has 5 nitrogen and oxygen atoms in total. The predicted octanol–water partition coefficient (Wildman–Crippen LogP) is 4.37. The van der Waals surface area contributed by atoms with E-state index in [0.29, 0.717) is 16.5 Å². The summed E-state index contributed by atoms with van der Waals surface area (Å²) in [6.07, 6.45) is 0.475. The standard InChI is InChI=1S/C21H15F3N4O/c22-21(23,24)15-5-1-4-14(10-15)11-26-20(29)17-7-2-8-19-18(17)13-27-28(19)16-6-3-9-25-12-16/h1-10,12-13H,11H2,(H,26,29). The Morgan fingerprint density at radius 2 is 1.86 bits per heavy atom. The fraction of sp³-hybridized carbons (Fsp3) is 0.0952. The summed E-state index contributed by atoms with van der Waals surface area (Å²) in [5.74, 6) is -0.390. The third kappa shape index (κ3) is 3.82. The zero-order valence-corrected chi connectivity index (χ0v) is 15.0. The first-order valence-electron chi connectivity index (χ1n) is 8.75. The molecule has 0 aliphatic rings. The van der Waals surface area contributed by atoms with Crippen LogP contribution < -0.4 is 5.32 Å². The van der Waals surface area contributed by atoms with E-state index >= 15 is 0 Å². The minimum absolute atomic E-state index is 0.0180. The van der Waals surface area contributed by atoms with E-state index in [1.165, 1.54) is 12.1 Å². The van der Waals surface area contributed by atoms with Crippen LogP contribution in [0, 0.1) is 0 Å². The molecule has 0 saturated carbocycles. The van der Waals surface area contributed by atoms with E-state index in [0.717, 1.165) is 23.3 Å². The topological polar surface area (TPSA) is 59.8 Å². The summed E-state index contributed by atoms with van der Waals surface area (Å²) < 4.78 is 40.2. The second-order valence-electron chi connectivity index (χ2n) is 6.39. The van der Waals surface area contributed by atoms with Crippen molar-refractivity contribution in [3.8, 4) is 5.69 Å². The smallest absolute Gasteiger partial charge is 0.348 e. The van der Waals surface area contributed by atoms with E-state index < -0.39 is 17.6 Å². The van der Waals surface area contributed by atoms with Gasteiger partial charge in [-0.15, -0.1) is 0 Å². The molecular weight excluding hydrogens is 381 g/mol. The number of benzene rings is 2. The van der Waals surface area contributed by atoms with Crippen molar-refractivity contribution in [1.29, 1.82) is 0 Å². The average molecular weight is 396 g/mol. The van der Waals surface area contributed by atoms with Crippen molar-refractivity contribution in [1.82, 2.24) is 20.1 Å². The Labute approximate surface area is 163 Å². The van der Waals surface area contributed by atoms with Gasteiger partial charge in [-0.05, 0) is 42.0 Å². The van der Waals surface area contributed by atoms with Gasteiger partial charge in [-0.2, -0.15) is 18.3 Å². The monoisotopic (exact) mass is 396 g/mol. The lowest BCUT2D eigenvalue weighted by Crippen LogP contribution is -2.23. The summed E-state index contributed by atoms with van der Waals surface area (Å²) in [5, 5.41) is 7.65. The van der Waals surface area contributed by atoms with Crippen LogP contribution in [0.4, 0.5) is 13.2 Å². The van der Waals surface area contributed by atoms with Crippen LogP contribution in [0.25, 0.3) is 16.6 Å². The Hall–Kier alpha value is -3.68. The summed E-state index contributed by atoms with van der Waals surface area (Å²) in [7, 11) is 0. The Balaban J connectivity index is 1.58. The SMILES string of the molecule is O=C(NCc1cccc(C(F)(F)F)c1)c1cccc2c1cnn2-c1cccnc1. The molecule has 0 fully saturated rings. The molecule has 2 heterocycles. The number of halogens is 3. The number of rotatable bonds is 4. The van der Waals surface area contributed by atoms with Crippen molar-refractivity contribution in [2.75, 3.05) is 0 Å². The number of nitrogens with zero attached hydrogens (tertiary/aromatic N) is 3. The molecule has 4 aromatic rings. The molecule has 0 spiro atoms. The van der Waals surface area contributed by atoms with Crippen LogP contribution in [-0.2, 0) is 12.7 Å². The maximum absolute atomic E-state index is 12.8. The van der Waals surface area contributed by atoms with Crippen LogP contribution in [-0.4, -0.2) is 20.7 Å². The largest absolute Gasteiger partial charge is 0.416 e. The summed E-state index contributed by atoms with van der Waals surface area (Å²) in [5.41, 5.74) is 1.49. The Morgan fingerprint density at radius 1 is 1.03 bits per heavy atom. The highest BCUT2D eigenvalue weighted by molar-refractivity contribution is 6.06. The third-order valence-electron chi connectivity index (χ3n) is 4.46. The number of carbonyl (C=O) groups is 1. The number of fused-ring (bicyclic) bond motifs is 1. The molecule has 146 valence electrons. The minimum Gasteiger partial charge on any atom is -0.348 e. The lowest BCUT2D eigenvalue weighted by atomic mass is 10.1. The zero-order chi connectivity index (χ0) is 20.4. The summed E-state index contributed by atoms with van der Waals surface area (Å²) in [4.78, 5) is 16.7. The van der Waals surface area contributed by atoms with Crippen LogP contribution in [0.3, 0.4) is 0 Å². The second-order valence-corrected chi connectivity index (χ2v) is 6.39. The van der Waals surface area contributed by atoms with Gasteiger partial charge in [0.1, 0.15) is 0 Å². The lowest BCUT2D eigenvalue weighted by molar-refractivity contribution is -0.137. The lowest BCUT2D eigenvalue weighted by Gasteiger charge is -2.10. The van der Waals surface area contributed by atoms with Crippen molar-refractivity contribution < 1.29 is 18.0 Å². The molecule has 0 radical (unpaired) electrons. The van der Waals surface area contributed by atoms with Crippen molar-refractivity contribution in [2.24, 2.45) is 0 Å². The fourth-order valence-electron chi connectivity index (χ4n) is 3.07. The van der Waals surface area contributed by atoms with E-state index in [1.54, 1.807) is 41.5 Å². The molecule has 2 aromatic carbocycles. The molecule has 0 aliphatic carbocycles. The van der Waals surface area contributed by atoms with Crippen LogP contribution in [0.1, 0.15) is 21.5 Å². The summed E-state index contributed by atoms with van der Waals surface area (Å²) in [6.45, 7) is -0.0180. The molecule has 1 amide bonds. The number of hydrogen-bond donors (Lipinski definition) is 1. The number of hydrogen-bond acceptors (Lipinski definition) is 3. The van der Waals surface area contributed by atoms with Gasteiger partial charge in [0.15, 0.2) is 0 Å². The van der Waals surface area contributed by atoms with Gasteiger partial charge >= 0.3 is 6.18 Å². The quantitative estimate of drug-likeness (QED) is 0.557. The van der Waals surface area contributed by atoms with E-state index in [4.69, 9.17) is 0 Å². The number of carbonyl (C=O) groups excluding carboxylic acids is 1. The fourth-order valence-corrected chi connectivity index (χ4v) is 3.07. The maximum Gasteiger partial charge on any atom is 0.416 e. The molecular formula is C21H15F3N4O. The van der Waals surface area contributed by atoms with E-state index in [9.17, 15) is 18.0 Å². The highest BCUT2D eigenvalue weighted by Gasteiger charge is 2.30. The summed E-state index contributed by atoms with van der Waals surface area (Å²) >= 11 is 0. The van der Waals surface area contributed by atoms with Gasteiger partial charge in [-0.1, -0.05) is 18.2 Å². The van der Waals surface area contributed by atoms with Crippen LogP contribution in [0.5, 0.6) is 0 Å².